The zero-order valence-corrected chi connectivity index (χ0v) is 13.0. The average Bonchev–Trinajstić information content (AvgIpc) is 3.18. The maximum Gasteiger partial charge on any atom is 0.242 e. The first kappa shape index (κ1) is 15.4. The van der Waals surface area contributed by atoms with Crippen LogP contribution in [0.4, 0.5) is 5.82 Å². The largest absolute Gasteiger partial charge is 0.386 e. The molecule has 0 radical (unpaired) electrons. The van der Waals surface area contributed by atoms with Gasteiger partial charge in [0.05, 0.1) is 19.1 Å². The molecule has 122 valence electrons. The lowest BCUT2D eigenvalue weighted by Crippen LogP contribution is -2.46. The number of nitrogens with zero attached hydrogens (tertiary/aromatic N) is 6. The van der Waals surface area contributed by atoms with Gasteiger partial charge in [-0.05, 0) is 6.42 Å². The fourth-order valence-electron chi connectivity index (χ4n) is 2.82. The third-order valence-corrected chi connectivity index (χ3v) is 4.04. The highest BCUT2D eigenvalue weighted by molar-refractivity contribution is 5.75. The Kier molecular flexibility index (Phi) is 4.24. The second-order valence-corrected chi connectivity index (χ2v) is 5.94. The molecule has 3 heterocycles. The van der Waals surface area contributed by atoms with Crippen molar-refractivity contribution in [1.82, 2.24) is 24.4 Å². The highest BCUT2D eigenvalue weighted by Gasteiger charge is 2.38. The Labute approximate surface area is 134 Å². The third kappa shape index (κ3) is 3.65. The monoisotopic (exact) mass is 316 g/mol. The molecule has 1 N–H and O–H groups in total. The number of carbonyl (C=O) groups excluding carboxylic acids is 1. The molecule has 0 unspecified atom stereocenters. The Morgan fingerprint density at radius 3 is 2.96 bits per heavy atom. The average molecular weight is 316 g/mol. The highest BCUT2D eigenvalue weighted by atomic mass is 16.3. The molecule has 0 saturated carbocycles. The van der Waals surface area contributed by atoms with E-state index in [0.717, 1.165) is 5.82 Å². The number of hydrogen-bond acceptors (Lipinski definition) is 6. The number of carbonyl (C=O) groups is 1. The number of rotatable bonds is 5. The van der Waals surface area contributed by atoms with Crippen molar-refractivity contribution in [3.05, 3.63) is 37.3 Å². The highest BCUT2D eigenvalue weighted by Crippen LogP contribution is 2.25. The van der Waals surface area contributed by atoms with Crippen LogP contribution in [0, 0.1) is 0 Å². The summed E-state index contributed by atoms with van der Waals surface area (Å²) in [5.74, 6) is 0.685. The van der Waals surface area contributed by atoms with Crippen molar-refractivity contribution >= 4 is 11.7 Å². The number of hydrogen-bond donors (Lipinski definition) is 1. The topological polar surface area (TPSA) is 87.4 Å². The van der Waals surface area contributed by atoms with Crippen molar-refractivity contribution in [2.45, 2.75) is 18.6 Å². The Balaban J connectivity index is 1.58. The normalized spacial score (nSPS) is 20.7. The molecule has 8 heteroatoms. The lowest BCUT2D eigenvalue weighted by Gasteiger charge is -2.29. The van der Waals surface area contributed by atoms with Gasteiger partial charge in [0.1, 0.15) is 18.0 Å². The minimum atomic E-state index is -0.934. The fraction of sp³-hybridized carbons (Fsp3) is 0.467. The number of β-amino-alcohol motifs (C(OH)–C–C–N with tert-alkyl or cyclic N) is 1. The van der Waals surface area contributed by atoms with E-state index in [2.05, 4.69) is 15.0 Å². The summed E-state index contributed by atoms with van der Waals surface area (Å²) in [5.41, 5.74) is -0.934. The molecule has 0 aromatic carbocycles. The van der Waals surface area contributed by atoms with Crippen LogP contribution in [-0.4, -0.2) is 67.7 Å². The zero-order chi connectivity index (χ0) is 16.3. The lowest BCUT2D eigenvalue weighted by molar-refractivity contribution is -0.133. The number of imidazole rings is 1. The van der Waals surface area contributed by atoms with Crippen LogP contribution in [0.3, 0.4) is 0 Å². The van der Waals surface area contributed by atoms with Crippen molar-refractivity contribution in [2.75, 3.05) is 31.6 Å². The number of aromatic nitrogens is 4. The summed E-state index contributed by atoms with van der Waals surface area (Å²) in [6.45, 7) is 1.64. The quantitative estimate of drug-likeness (QED) is 0.820. The van der Waals surface area contributed by atoms with Gasteiger partial charge >= 0.3 is 0 Å². The van der Waals surface area contributed by atoms with Gasteiger partial charge in [-0.3, -0.25) is 9.78 Å². The third-order valence-electron chi connectivity index (χ3n) is 4.04. The molecule has 1 saturated heterocycles. The SMILES string of the molecule is CN(C[C@@]1(O)CCN(c2cnccn2)C1)C(=O)Cn1ccnc1. The van der Waals surface area contributed by atoms with Crippen LogP contribution in [0.25, 0.3) is 0 Å². The van der Waals surface area contributed by atoms with E-state index in [1.165, 1.54) is 0 Å². The van der Waals surface area contributed by atoms with Crippen molar-refractivity contribution in [2.24, 2.45) is 0 Å². The predicted octanol–water partition coefficient (Wildman–Crippen LogP) is -0.227. The molecule has 8 nitrogen and oxygen atoms in total. The van der Waals surface area contributed by atoms with Crippen LogP contribution in [0.2, 0.25) is 0 Å². The summed E-state index contributed by atoms with van der Waals surface area (Å²) in [5, 5.41) is 10.8. The molecule has 1 amide bonds. The Morgan fingerprint density at radius 2 is 2.26 bits per heavy atom. The van der Waals surface area contributed by atoms with Crippen LogP contribution in [0.15, 0.2) is 37.3 Å². The lowest BCUT2D eigenvalue weighted by atomic mass is 10.0. The smallest absolute Gasteiger partial charge is 0.242 e. The van der Waals surface area contributed by atoms with E-state index >= 15 is 0 Å². The molecule has 2 aromatic heterocycles. The number of aliphatic hydroxyl groups is 1. The van der Waals surface area contributed by atoms with E-state index in [1.54, 1.807) is 53.8 Å². The Hall–Kier alpha value is -2.48. The second-order valence-electron chi connectivity index (χ2n) is 5.94. The fourth-order valence-corrected chi connectivity index (χ4v) is 2.82. The van der Waals surface area contributed by atoms with Gasteiger partial charge in [0, 0.05) is 44.9 Å². The molecule has 23 heavy (non-hydrogen) atoms. The van der Waals surface area contributed by atoms with Crippen molar-refractivity contribution in [1.29, 1.82) is 0 Å². The minimum absolute atomic E-state index is 0.0608. The van der Waals surface area contributed by atoms with Crippen LogP contribution >= 0.6 is 0 Å². The summed E-state index contributed by atoms with van der Waals surface area (Å²) < 4.78 is 1.71. The van der Waals surface area contributed by atoms with Crippen LogP contribution in [-0.2, 0) is 11.3 Å². The zero-order valence-electron chi connectivity index (χ0n) is 13.0. The maximum atomic E-state index is 12.2. The van der Waals surface area contributed by atoms with E-state index in [9.17, 15) is 9.90 Å². The predicted molar refractivity (Wildman–Crippen MR) is 83.7 cm³/mol. The Bertz CT molecular complexity index is 647. The van der Waals surface area contributed by atoms with Gasteiger partial charge in [-0.15, -0.1) is 0 Å². The van der Waals surface area contributed by atoms with Gasteiger partial charge in [-0.1, -0.05) is 0 Å². The van der Waals surface area contributed by atoms with E-state index in [4.69, 9.17) is 0 Å². The molecule has 0 bridgehead atoms. The molecular weight excluding hydrogens is 296 g/mol. The first-order valence-corrected chi connectivity index (χ1v) is 7.49. The summed E-state index contributed by atoms with van der Waals surface area (Å²) in [6.07, 6.45) is 10.5. The van der Waals surface area contributed by atoms with E-state index < -0.39 is 5.60 Å². The molecule has 0 aliphatic carbocycles. The van der Waals surface area contributed by atoms with Crippen molar-refractivity contribution < 1.29 is 9.90 Å². The van der Waals surface area contributed by atoms with E-state index in [1.807, 2.05) is 4.90 Å². The molecule has 3 rings (SSSR count). The summed E-state index contributed by atoms with van der Waals surface area (Å²) in [4.78, 5) is 28.0. The Morgan fingerprint density at radius 1 is 1.39 bits per heavy atom. The van der Waals surface area contributed by atoms with Crippen LogP contribution in [0.1, 0.15) is 6.42 Å². The van der Waals surface area contributed by atoms with Crippen molar-refractivity contribution in [3.8, 4) is 0 Å². The number of likely N-dealkylation sites (N-methyl/N-ethyl adjacent to an activating group) is 1. The van der Waals surface area contributed by atoms with Gasteiger partial charge in [0.15, 0.2) is 0 Å². The van der Waals surface area contributed by atoms with E-state index in [0.29, 0.717) is 19.5 Å². The van der Waals surface area contributed by atoms with Gasteiger partial charge in [-0.2, -0.15) is 0 Å². The summed E-state index contributed by atoms with van der Waals surface area (Å²) in [7, 11) is 1.71. The van der Waals surface area contributed by atoms with Gasteiger partial charge < -0.3 is 19.5 Å². The van der Waals surface area contributed by atoms with Crippen molar-refractivity contribution in [3.63, 3.8) is 0 Å². The first-order chi connectivity index (χ1) is 11.1. The second kappa shape index (κ2) is 6.33. The maximum absolute atomic E-state index is 12.2. The molecule has 1 atom stereocenters. The number of amides is 1. The molecule has 1 fully saturated rings. The number of anilines is 1. The van der Waals surface area contributed by atoms with Gasteiger partial charge in [0.25, 0.3) is 0 Å². The summed E-state index contributed by atoms with van der Waals surface area (Å²) >= 11 is 0. The first-order valence-electron chi connectivity index (χ1n) is 7.49. The molecule has 1 aliphatic heterocycles. The molecule has 0 spiro atoms. The molecule has 2 aromatic rings. The van der Waals surface area contributed by atoms with Gasteiger partial charge in [0.2, 0.25) is 5.91 Å². The van der Waals surface area contributed by atoms with Gasteiger partial charge in [-0.25, -0.2) is 9.97 Å². The summed E-state index contributed by atoms with van der Waals surface area (Å²) in [6, 6.07) is 0. The van der Waals surface area contributed by atoms with Crippen LogP contribution < -0.4 is 4.90 Å². The minimum Gasteiger partial charge on any atom is -0.386 e. The molecule has 1 aliphatic rings. The van der Waals surface area contributed by atoms with Crippen LogP contribution in [0.5, 0.6) is 0 Å². The standard InChI is InChI=1S/C15H20N6O2/c1-19(14(22)9-20-7-5-17-12-20)10-15(23)2-6-21(11-15)13-8-16-3-4-18-13/h3-5,7-8,12,23H,2,6,9-11H2,1H3/t15-/m0/s1. The molecular formula is C15H20N6O2. The van der Waals surface area contributed by atoms with E-state index in [-0.39, 0.29) is 19.0 Å².